The number of rotatable bonds is 4. The Balaban J connectivity index is 1.96. The highest BCUT2D eigenvalue weighted by Gasteiger charge is 2.50. The quantitative estimate of drug-likeness (QED) is 0.667. The number of aliphatic imine (C=N–C) groups is 1. The molecule has 0 aliphatic carbocycles. The Morgan fingerprint density at radius 2 is 1.74 bits per heavy atom. The van der Waals surface area contributed by atoms with E-state index in [1.807, 2.05) is 0 Å². The average Bonchev–Trinajstić information content (AvgIpc) is 3.00. The van der Waals surface area contributed by atoms with E-state index in [1.165, 1.54) is 61.8 Å². The van der Waals surface area contributed by atoms with Crippen molar-refractivity contribution in [3.05, 3.63) is 83.4 Å². The molecule has 0 spiro atoms. The van der Waals surface area contributed by atoms with Gasteiger partial charge in [-0.1, -0.05) is 18.2 Å². The Bertz CT molecular complexity index is 1200. The Labute approximate surface area is 175 Å². The number of aromatic hydroxyl groups is 1. The van der Waals surface area contributed by atoms with Crippen molar-refractivity contribution in [2.45, 2.75) is 12.0 Å². The van der Waals surface area contributed by atoms with Crippen LogP contribution in [0.25, 0.3) is 11.1 Å². The zero-order chi connectivity index (χ0) is 22.3. The minimum atomic E-state index is -2.85. The number of aromatic nitrogens is 1. The summed E-state index contributed by atoms with van der Waals surface area (Å²) in [6.07, 6.45) is -1.67. The Morgan fingerprint density at radius 3 is 2.35 bits per heavy atom. The number of pyridine rings is 1. The number of phenols is 1. The fraction of sp³-hybridized carbons (Fsp3) is 0.136. The molecule has 6 nitrogen and oxygen atoms in total. The standard InChI is InChI=1S/C22H17F3N4O2/c1-29-20(31)22(28-21(29)26,14-8-9-27-17(11-14)19(24)25)13-4-7-18(30)16(10-13)12-2-5-15(23)6-3-12/h2-11,19,30H,1H3,(H2,26,28). The van der Waals surface area contributed by atoms with E-state index < -0.39 is 29.4 Å². The SMILES string of the molecule is CN1C(=O)C(c2ccnc(C(F)F)c2)(c2ccc(O)c(-c3ccc(F)cc3)c2)N=C1N. The third-order valence-electron chi connectivity index (χ3n) is 5.23. The number of hydrogen-bond donors (Lipinski definition) is 2. The third-order valence-corrected chi connectivity index (χ3v) is 5.23. The molecule has 3 N–H and O–H groups in total. The number of alkyl halides is 2. The predicted molar refractivity (Wildman–Crippen MR) is 108 cm³/mol. The second kappa shape index (κ2) is 7.42. The van der Waals surface area contributed by atoms with Crippen molar-refractivity contribution in [2.75, 3.05) is 7.05 Å². The summed E-state index contributed by atoms with van der Waals surface area (Å²) in [4.78, 5) is 22.5. The Kier molecular flexibility index (Phi) is 4.88. The summed E-state index contributed by atoms with van der Waals surface area (Å²) >= 11 is 0. The molecule has 158 valence electrons. The molecule has 1 aromatic heterocycles. The Morgan fingerprint density at radius 1 is 1.06 bits per heavy atom. The van der Waals surface area contributed by atoms with Crippen LogP contribution in [0.5, 0.6) is 5.75 Å². The largest absolute Gasteiger partial charge is 0.507 e. The van der Waals surface area contributed by atoms with Crippen molar-refractivity contribution in [3.8, 4) is 16.9 Å². The number of guanidine groups is 1. The summed E-state index contributed by atoms with van der Waals surface area (Å²) in [6.45, 7) is 0. The predicted octanol–water partition coefficient (Wildman–Crippen LogP) is 3.56. The molecular weight excluding hydrogens is 409 g/mol. The maximum atomic E-state index is 13.3. The van der Waals surface area contributed by atoms with Crippen molar-refractivity contribution in [2.24, 2.45) is 10.7 Å². The summed E-state index contributed by atoms with van der Waals surface area (Å²) in [5.41, 5.74) is 4.93. The van der Waals surface area contributed by atoms with Gasteiger partial charge >= 0.3 is 0 Å². The molecule has 1 amide bonds. The number of nitrogens with two attached hydrogens (primary N) is 1. The molecule has 1 aliphatic rings. The van der Waals surface area contributed by atoms with Gasteiger partial charge in [0.1, 0.15) is 17.3 Å². The van der Waals surface area contributed by atoms with Gasteiger partial charge in [0.15, 0.2) is 11.5 Å². The molecule has 0 bridgehead atoms. The lowest BCUT2D eigenvalue weighted by atomic mass is 9.81. The summed E-state index contributed by atoms with van der Waals surface area (Å²) in [7, 11) is 1.43. The molecule has 1 atom stereocenters. The molecule has 31 heavy (non-hydrogen) atoms. The monoisotopic (exact) mass is 426 g/mol. The van der Waals surface area contributed by atoms with E-state index in [1.54, 1.807) is 0 Å². The van der Waals surface area contributed by atoms with Gasteiger partial charge in [-0.05, 0) is 53.1 Å². The van der Waals surface area contributed by atoms with Gasteiger partial charge in [-0.2, -0.15) is 0 Å². The van der Waals surface area contributed by atoms with Crippen molar-refractivity contribution in [1.29, 1.82) is 0 Å². The van der Waals surface area contributed by atoms with E-state index in [0.717, 1.165) is 11.0 Å². The van der Waals surface area contributed by atoms with E-state index in [0.29, 0.717) is 16.7 Å². The lowest BCUT2D eigenvalue weighted by Gasteiger charge is -2.27. The van der Waals surface area contributed by atoms with Crippen LogP contribution < -0.4 is 5.73 Å². The van der Waals surface area contributed by atoms with Crippen molar-refractivity contribution < 1.29 is 23.1 Å². The lowest BCUT2D eigenvalue weighted by molar-refractivity contribution is -0.129. The molecule has 9 heteroatoms. The molecule has 0 saturated heterocycles. The molecule has 0 fully saturated rings. The minimum absolute atomic E-state index is 0.0863. The number of carbonyl (C=O) groups is 1. The number of halogens is 3. The first-order chi connectivity index (χ1) is 14.7. The second-order valence-electron chi connectivity index (χ2n) is 7.05. The maximum absolute atomic E-state index is 13.3. The van der Waals surface area contributed by atoms with E-state index in [9.17, 15) is 23.1 Å². The molecule has 0 saturated carbocycles. The van der Waals surface area contributed by atoms with Crippen LogP contribution >= 0.6 is 0 Å². The number of nitrogens with zero attached hydrogens (tertiary/aromatic N) is 3. The molecular formula is C22H17F3N4O2. The fourth-order valence-electron chi connectivity index (χ4n) is 3.60. The number of phenolic OH excluding ortho intramolecular Hbond substituents is 1. The normalized spacial score (nSPS) is 18.5. The van der Waals surface area contributed by atoms with Crippen LogP contribution in [-0.2, 0) is 10.3 Å². The van der Waals surface area contributed by atoms with Crippen LogP contribution in [0.15, 0.2) is 65.8 Å². The van der Waals surface area contributed by atoms with E-state index in [-0.39, 0.29) is 17.3 Å². The highest BCUT2D eigenvalue weighted by Crippen LogP contribution is 2.42. The first-order valence-electron chi connectivity index (χ1n) is 9.21. The van der Waals surface area contributed by atoms with Gasteiger partial charge in [-0.25, -0.2) is 18.2 Å². The van der Waals surface area contributed by atoms with Crippen molar-refractivity contribution in [1.82, 2.24) is 9.88 Å². The molecule has 2 heterocycles. The van der Waals surface area contributed by atoms with E-state index in [4.69, 9.17) is 5.73 Å². The molecule has 1 unspecified atom stereocenters. The molecule has 4 rings (SSSR count). The topological polar surface area (TPSA) is 91.8 Å². The van der Waals surface area contributed by atoms with E-state index in [2.05, 4.69) is 9.98 Å². The van der Waals surface area contributed by atoms with Gasteiger partial charge in [0.05, 0.1) is 0 Å². The minimum Gasteiger partial charge on any atom is -0.507 e. The first-order valence-corrected chi connectivity index (χ1v) is 9.21. The number of likely N-dealkylation sites (N-methyl/N-ethyl adjacent to an activating group) is 1. The van der Waals surface area contributed by atoms with Crippen LogP contribution in [0.1, 0.15) is 23.2 Å². The average molecular weight is 426 g/mol. The maximum Gasteiger partial charge on any atom is 0.280 e. The molecule has 1 aliphatic heterocycles. The number of benzene rings is 2. The van der Waals surface area contributed by atoms with Crippen LogP contribution in [0.2, 0.25) is 0 Å². The second-order valence-corrected chi connectivity index (χ2v) is 7.05. The summed E-state index contributed by atoms with van der Waals surface area (Å²) in [5.74, 6) is -1.19. The van der Waals surface area contributed by atoms with E-state index >= 15 is 0 Å². The van der Waals surface area contributed by atoms with Gasteiger partial charge < -0.3 is 10.8 Å². The van der Waals surface area contributed by atoms with Gasteiger partial charge in [0, 0.05) is 18.8 Å². The van der Waals surface area contributed by atoms with Gasteiger partial charge in [-0.15, -0.1) is 0 Å². The van der Waals surface area contributed by atoms with Gasteiger partial charge in [-0.3, -0.25) is 14.7 Å². The molecule has 3 aromatic rings. The summed E-state index contributed by atoms with van der Waals surface area (Å²) in [6, 6.07) is 12.3. The smallest absolute Gasteiger partial charge is 0.280 e. The number of amides is 1. The van der Waals surface area contributed by atoms with Crippen LogP contribution in [0, 0.1) is 5.82 Å². The van der Waals surface area contributed by atoms with Crippen molar-refractivity contribution >= 4 is 11.9 Å². The van der Waals surface area contributed by atoms with Crippen molar-refractivity contribution in [3.63, 3.8) is 0 Å². The zero-order valence-corrected chi connectivity index (χ0v) is 16.3. The van der Waals surface area contributed by atoms with Gasteiger partial charge in [0.25, 0.3) is 12.3 Å². The van der Waals surface area contributed by atoms with Crippen LogP contribution in [0.4, 0.5) is 13.2 Å². The van der Waals surface area contributed by atoms with Gasteiger partial charge in [0.2, 0.25) is 0 Å². The molecule has 0 radical (unpaired) electrons. The highest BCUT2D eigenvalue weighted by molar-refractivity contribution is 6.09. The number of hydrogen-bond acceptors (Lipinski definition) is 5. The van der Waals surface area contributed by atoms with Crippen LogP contribution in [-0.4, -0.2) is 33.9 Å². The first kappa shape index (κ1) is 20.4. The number of carbonyl (C=O) groups excluding carboxylic acids is 1. The third kappa shape index (κ3) is 3.27. The zero-order valence-electron chi connectivity index (χ0n) is 16.3. The molecule has 2 aromatic carbocycles. The summed E-state index contributed by atoms with van der Waals surface area (Å²) < 4.78 is 39.9. The fourth-order valence-corrected chi connectivity index (χ4v) is 3.60. The van der Waals surface area contributed by atoms with Crippen LogP contribution in [0.3, 0.4) is 0 Å². The lowest BCUT2D eigenvalue weighted by Crippen LogP contribution is -2.41. The highest BCUT2D eigenvalue weighted by atomic mass is 19.3. The Hall–Kier alpha value is -3.88. The summed E-state index contributed by atoms with van der Waals surface area (Å²) in [5, 5.41) is 10.4.